The summed E-state index contributed by atoms with van der Waals surface area (Å²) in [6.45, 7) is 8.52. The van der Waals surface area contributed by atoms with Gasteiger partial charge in [-0.25, -0.2) is 4.79 Å². The fourth-order valence-electron chi connectivity index (χ4n) is 2.73. The monoisotopic (exact) mass is 376 g/mol. The first-order chi connectivity index (χ1) is 12.9. The minimum absolute atomic E-state index is 0.209. The molecule has 1 aromatic heterocycles. The number of aromatic nitrogens is 1. The Hall–Kier alpha value is -2.64. The number of pyridine rings is 1. The molecule has 0 aliphatic carbocycles. The molecule has 148 valence electrons. The number of hydrogen-bond acceptors (Lipinski definition) is 5. The number of rotatable bonds is 6. The van der Waals surface area contributed by atoms with E-state index < -0.39 is 0 Å². The Labute approximate surface area is 159 Å². The number of hydrogen-bond donors (Lipinski definition) is 1. The van der Waals surface area contributed by atoms with Crippen molar-refractivity contribution in [2.75, 3.05) is 39.3 Å². The van der Waals surface area contributed by atoms with E-state index in [9.17, 15) is 14.4 Å². The molecular formula is C19H28N4O4. The maximum atomic E-state index is 12.7. The van der Waals surface area contributed by atoms with Crippen molar-refractivity contribution in [1.82, 2.24) is 20.1 Å². The lowest BCUT2D eigenvalue weighted by atomic mass is 10.1. The van der Waals surface area contributed by atoms with Gasteiger partial charge in [-0.15, -0.1) is 0 Å². The summed E-state index contributed by atoms with van der Waals surface area (Å²) in [5, 5.41) is 2.86. The van der Waals surface area contributed by atoms with Crippen molar-refractivity contribution in [3.63, 3.8) is 0 Å². The van der Waals surface area contributed by atoms with E-state index in [1.807, 2.05) is 0 Å². The predicted octanol–water partition coefficient (Wildman–Crippen LogP) is 1.77. The third kappa shape index (κ3) is 5.94. The summed E-state index contributed by atoms with van der Waals surface area (Å²) in [6.07, 6.45) is 2.01. The molecule has 1 aliphatic rings. The highest BCUT2D eigenvalue weighted by molar-refractivity contribution is 5.98. The van der Waals surface area contributed by atoms with E-state index in [0.29, 0.717) is 50.8 Å². The van der Waals surface area contributed by atoms with Gasteiger partial charge in [-0.3, -0.25) is 14.6 Å². The maximum Gasteiger partial charge on any atom is 0.409 e. The zero-order valence-corrected chi connectivity index (χ0v) is 16.2. The minimum Gasteiger partial charge on any atom is -0.450 e. The van der Waals surface area contributed by atoms with Gasteiger partial charge in [-0.05, 0) is 31.4 Å². The zero-order chi connectivity index (χ0) is 19.8. The predicted molar refractivity (Wildman–Crippen MR) is 101 cm³/mol. The number of carbonyl (C=O) groups is 3. The molecule has 0 aromatic carbocycles. The van der Waals surface area contributed by atoms with Gasteiger partial charge < -0.3 is 19.9 Å². The summed E-state index contributed by atoms with van der Waals surface area (Å²) in [5.41, 5.74) is 0.651. The normalized spacial score (nSPS) is 14.2. The molecule has 1 aromatic rings. The lowest BCUT2D eigenvalue weighted by Crippen LogP contribution is -2.50. The summed E-state index contributed by atoms with van der Waals surface area (Å²) in [7, 11) is 0. The van der Waals surface area contributed by atoms with Crippen LogP contribution in [0.4, 0.5) is 4.79 Å². The molecular weight excluding hydrogens is 348 g/mol. The van der Waals surface area contributed by atoms with Gasteiger partial charge in [0.25, 0.3) is 11.8 Å². The van der Waals surface area contributed by atoms with Crippen molar-refractivity contribution >= 4 is 17.9 Å². The number of nitrogens with zero attached hydrogens (tertiary/aromatic N) is 3. The Morgan fingerprint density at radius 3 is 2.48 bits per heavy atom. The Kier molecular flexibility index (Phi) is 7.57. The Bertz CT molecular complexity index is 669. The van der Waals surface area contributed by atoms with Gasteiger partial charge in [0.2, 0.25) is 0 Å². The molecule has 8 nitrogen and oxygen atoms in total. The van der Waals surface area contributed by atoms with Crippen LogP contribution in [0.15, 0.2) is 18.3 Å². The highest BCUT2D eigenvalue weighted by atomic mass is 16.6. The fraction of sp³-hybridized carbons (Fsp3) is 0.579. The van der Waals surface area contributed by atoms with Crippen LogP contribution in [0.1, 0.15) is 48.0 Å². The van der Waals surface area contributed by atoms with E-state index in [0.717, 1.165) is 6.42 Å². The van der Waals surface area contributed by atoms with E-state index in [4.69, 9.17) is 4.74 Å². The number of nitrogens with one attached hydrogen (secondary N) is 1. The molecule has 27 heavy (non-hydrogen) atoms. The van der Waals surface area contributed by atoms with E-state index >= 15 is 0 Å². The largest absolute Gasteiger partial charge is 0.450 e. The number of piperazine rings is 1. The first-order valence-corrected chi connectivity index (χ1v) is 9.37. The minimum atomic E-state index is -0.359. The summed E-state index contributed by atoms with van der Waals surface area (Å²) < 4.78 is 4.98. The van der Waals surface area contributed by atoms with E-state index in [1.54, 1.807) is 22.8 Å². The summed E-state index contributed by atoms with van der Waals surface area (Å²) >= 11 is 0. The zero-order valence-electron chi connectivity index (χ0n) is 16.2. The fourth-order valence-corrected chi connectivity index (χ4v) is 2.73. The molecule has 1 N–H and O–H groups in total. The summed E-state index contributed by atoms with van der Waals surface area (Å²) in [5.74, 6) is 0.0581. The Morgan fingerprint density at radius 1 is 1.19 bits per heavy atom. The standard InChI is InChI=1S/C19H28N4O4/c1-4-27-19(26)23-11-9-22(10-12-23)18(25)16-13-15(6-8-20-16)17(24)21-7-5-14(2)3/h6,8,13-14H,4-5,7,9-12H2,1-3H3,(H,21,24). The molecule has 0 bridgehead atoms. The summed E-state index contributed by atoms with van der Waals surface area (Å²) in [6, 6.07) is 3.12. The molecule has 1 saturated heterocycles. The topological polar surface area (TPSA) is 91.8 Å². The molecule has 8 heteroatoms. The van der Waals surface area contributed by atoms with Crippen molar-refractivity contribution in [2.45, 2.75) is 27.2 Å². The van der Waals surface area contributed by atoms with Crippen LogP contribution in [-0.2, 0) is 4.74 Å². The second-order valence-electron chi connectivity index (χ2n) is 6.85. The Balaban J connectivity index is 1.93. The second-order valence-corrected chi connectivity index (χ2v) is 6.85. The van der Waals surface area contributed by atoms with Gasteiger partial charge in [0, 0.05) is 44.5 Å². The second kappa shape index (κ2) is 9.89. The third-order valence-corrected chi connectivity index (χ3v) is 4.34. The highest BCUT2D eigenvalue weighted by Crippen LogP contribution is 2.10. The molecule has 1 fully saturated rings. The van der Waals surface area contributed by atoms with Crippen molar-refractivity contribution in [3.8, 4) is 0 Å². The van der Waals surface area contributed by atoms with Crippen LogP contribution in [0.2, 0.25) is 0 Å². The van der Waals surface area contributed by atoms with Crippen molar-refractivity contribution in [2.24, 2.45) is 5.92 Å². The average Bonchev–Trinajstić information content (AvgIpc) is 2.67. The quantitative estimate of drug-likeness (QED) is 0.817. The van der Waals surface area contributed by atoms with Crippen LogP contribution in [0.5, 0.6) is 0 Å². The average molecular weight is 376 g/mol. The molecule has 0 atom stereocenters. The highest BCUT2D eigenvalue weighted by Gasteiger charge is 2.26. The van der Waals surface area contributed by atoms with Crippen LogP contribution < -0.4 is 5.32 Å². The van der Waals surface area contributed by atoms with E-state index in [1.165, 1.54) is 12.3 Å². The molecule has 0 radical (unpaired) electrons. The first-order valence-electron chi connectivity index (χ1n) is 9.37. The third-order valence-electron chi connectivity index (χ3n) is 4.34. The van der Waals surface area contributed by atoms with E-state index in [-0.39, 0.29) is 23.6 Å². The molecule has 0 saturated carbocycles. The van der Waals surface area contributed by atoms with Crippen molar-refractivity contribution in [1.29, 1.82) is 0 Å². The number of carbonyl (C=O) groups excluding carboxylic acids is 3. The van der Waals surface area contributed by atoms with Gasteiger partial charge >= 0.3 is 6.09 Å². The van der Waals surface area contributed by atoms with Gasteiger partial charge in [0.15, 0.2) is 0 Å². The van der Waals surface area contributed by atoms with Crippen molar-refractivity contribution < 1.29 is 19.1 Å². The molecule has 2 rings (SSSR count). The van der Waals surface area contributed by atoms with Crippen LogP contribution >= 0.6 is 0 Å². The van der Waals surface area contributed by atoms with Gasteiger partial charge in [0.1, 0.15) is 5.69 Å². The molecule has 2 heterocycles. The summed E-state index contributed by atoms with van der Waals surface area (Å²) in [4.78, 5) is 44.0. The Morgan fingerprint density at radius 2 is 1.85 bits per heavy atom. The van der Waals surface area contributed by atoms with Gasteiger partial charge in [0.05, 0.1) is 6.61 Å². The molecule has 1 aliphatic heterocycles. The number of amides is 3. The number of ether oxygens (including phenoxy) is 1. The lowest BCUT2D eigenvalue weighted by molar-refractivity contribution is 0.0566. The smallest absolute Gasteiger partial charge is 0.409 e. The van der Waals surface area contributed by atoms with Crippen molar-refractivity contribution in [3.05, 3.63) is 29.6 Å². The van der Waals surface area contributed by atoms with Crippen LogP contribution in [0, 0.1) is 5.92 Å². The van der Waals surface area contributed by atoms with Crippen LogP contribution in [0.3, 0.4) is 0 Å². The van der Waals surface area contributed by atoms with E-state index in [2.05, 4.69) is 24.1 Å². The molecule has 0 spiro atoms. The molecule has 3 amide bonds. The van der Waals surface area contributed by atoms with Crippen LogP contribution in [0.25, 0.3) is 0 Å². The maximum absolute atomic E-state index is 12.7. The SMILES string of the molecule is CCOC(=O)N1CCN(C(=O)c2cc(C(=O)NCCC(C)C)ccn2)CC1. The van der Waals surface area contributed by atoms with Gasteiger partial charge in [-0.2, -0.15) is 0 Å². The lowest BCUT2D eigenvalue weighted by Gasteiger charge is -2.33. The van der Waals surface area contributed by atoms with Crippen LogP contribution in [-0.4, -0.2) is 72.0 Å². The first kappa shape index (κ1) is 20.7. The molecule has 0 unspecified atom stereocenters. The van der Waals surface area contributed by atoms with Gasteiger partial charge in [-0.1, -0.05) is 13.8 Å².